The van der Waals surface area contributed by atoms with Crippen LogP contribution < -0.4 is 20.9 Å². The summed E-state index contributed by atoms with van der Waals surface area (Å²) in [7, 11) is 4.05. The lowest BCUT2D eigenvalue weighted by Crippen LogP contribution is -2.47. The third-order valence-electron chi connectivity index (χ3n) is 6.45. The molecule has 0 aliphatic carbocycles. The number of H-pyrrole nitrogens is 1. The molecule has 0 saturated carbocycles. The smallest absolute Gasteiger partial charge is 0.252 e. The molecule has 4 N–H and O–H groups in total. The number of nitrogens with zero attached hydrogens (tertiary/aromatic N) is 4. The fourth-order valence-corrected chi connectivity index (χ4v) is 5.02. The van der Waals surface area contributed by atoms with Crippen molar-refractivity contribution in [1.29, 1.82) is 0 Å². The standard InChI is InChI=1S/C22H27N7O/c1-28(2)16-5-6-19(25-11-16)29-14-3-4-15(29)10-13(9-14)27-20-17-7-8-24-22(17)26-12-18(20)21(23)30/h5-8,11-15H,3-4,9-10H2,1-2H3,(H2,23,30)(H2,24,26,27)/t13-,14-,15+. The summed E-state index contributed by atoms with van der Waals surface area (Å²) in [5.74, 6) is 0.597. The van der Waals surface area contributed by atoms with Crippen molar-refractivity contribution in [2.45, 2.75) is 43.8 Å². The van der Waals surface area contributed by atoms with E-state index in [1.807, 2.05) is 32.6 Å². The average molecular weight is 406 g/mol. The molecule has 5 heterocycles. The van der Waals surface area contributed by atoms with Crippen molar-refractivity contribution in [2.75, 3.05) is 29.2 Å². The molecule has 3 aromatic heterocycles. The van der Waals surface area contributed by atoms with Gasteiger partial charge in [0.05, 0.1) is 23.1 Å². The molecule has 2 aliphatic rings. The molecule has 0 spiro atoms. The molecule has 3 aromatic rings. The molecule has 3 atom stereocenters. The molecule has 1 amide bonds. The van der Waals surface area contributed by atoms with E-state index in [0.717, 1.165) is 41.1 Å². The zero-order valence-electron chi connectivity index (χ0n) is 17.3. The van der Waals surface area contributed by atoms with Gasteiger partial charge in [0.15, 0.2) is 0 Å². The summed E-state index contributed by atoms with van der Waals surface area (Å²) < 4.78 is 0. The fourth-order valence-electron chi connectivity index (χ4n) is 5.02. The second kappa shape index (κ2) is 7.19. The Kier molecular flexibility index (Phi) is 4.49. The van der Waals surface area contributed by atoms with Gasteiger partial charge in [-0.3, -0.25) is 4.79 Å². The minimum atomic E-state index is -0.460. The normalized spacial score (nSPS) is 23.0. The van der Waals surface area contributed by atoms with E-state index in [4.69, 9.17) is 10.7 Å². The van der Waals surface area contributed by atoms with Crippen molar-refractivity contribution in [3.63, 3.8) is 0 Å². The lowest BCUT2D eigenvalue weighted by Gasteiger charge is -2.40. The van der Waals surface area contributed by atoms with Crippen LogP contribution in [0.4, 0.5) is 17.2 Å². The predicted molar refractivity (Wildman–Crippen MR) is 119 cm³/mol. The topological polar surface area (TPSA) is 103 Å². The highest BCUT2D eigenvalue weighted by molar-refractivity contribution is 6.06. The van der Waals surface area contributed by atoms with E-state index in [2.05, 4.69) is 37.2 Å². The van der Waals surface area contributed by atoms with Crippen LogP contribution in [0.5, 0.6) is 0 Å². The van der Waals surface area contributed by atoms with Gasteiger partial charge in [-0.05, 0) is 43.9 Å². The van der Waals surface area contributed by atoms with Gasteiger partial charge in [-0.1, -0.05) is 0 Å². The van der Waals surface area contributed by atoms with Gasteiger partial charge in [-0.25, -0.2) is 9.97 Å². The molecule has 156 valence electrons. The Balaban J connectivity index is 1.38. The highest BCUT2D eigenvalue weighted by atomic mass is 16.1. The maximum atomic E-state index is 12.0. The summed E-state index contributed by atoms with van der Waals surface area (Å²) in [4.78, 5) is 28.7. The zero-order chi connectivity index (χ0) is 20.8. The van der Waals surface area contributed by atoms with Crippen molar-refractivity contribution in [2.24, 2.45) is 5.73 Å². The maximum absolute atomic E-state index is 12.0. The van der Waals surface area contributed by atoms with Crippen molar-refractivity contribution < 1.29 is 4.79 Å². The van der Waals surface area contributed by atoms with Gasteiger partial charge in [0, 0.05) is 50.0 Å². The van der Waals surface area contributed by atoms with Crippen molar-refractivity contribution in [3.05, 3.63) is 42.4 Å². The molecule has 5 rings (SSSR count). The van der Waals surface area contributed by atoms with E-state index < -0.39 is 5.91 Å². The van der Waals surface area contributed by atoms with Crippen LogP contribution in [0.3, 0.4) is 0 Å². The van der Waals surface area contributed by atoms with E-state index >= 15 is 0 Å². The van der Waals surface area contributed by atoms with Crippen LogP contribution in [0.15, 0.2) is 36.8 Å². The molecule has 0 aromatic carbocycles. The molecule has 8 heteroatoms. The molecule has 2 aliphatic heterocycles. The van der Waals surface area contributed by atoms with Gasteiger partial charge >= 0.3 is 0 Å². The number of primary amides is 1. The number of pyridine rings is 2. The van der Waals surface area contributed by atoms with Crippen LogP contribution in [-0.4, -0.2) is 53.1 Å². The van der Waals surface area contributed by atoms with Gasteiger partial charge in [-0.15, -0.1) is 0 Å². The van der Waals surface area contributed by atoms with Crippen LogP contribution >= 0.6 is 0 Å². The summed E-state index contributed by atoms with van der Waals surface area (Å²) in [6.45, 7) is 0. The number of carbonyl (C=O) groups excluding carboxylic acids is 1. The predicted octanol–water partition coefficient (Wildman–Crippen LogP) is 2.73. The monoisotopic (exact) mass is 405 g/mol. The first-order chi connectivity index (χ1) is 14.5. The quantitative estimate of drug-likeness (QED) is 0.603. The molecule has 30 heavy (non-hydrogen) atoms. The highest BCUT2D eigenvalue weighted by Gasteiger charge is 2.41. The van der Waals surface area contributed by atoms with Crippen LogP contribution in [0.25, 0.3) is 11.0 Å². The number of fused-ring (bicyclic) bond motifs is 3. The third kappa shape index (κ3) is 3.12. The minimum absolute atomic E-state index is 0.276. The van der Waals surface area contributed by atoms with Crippen LogP contribution in [-0.2, 0) is 0 Å². The molecule has 2 fully saturated rings. The van der Waals surface area contributed by atoms with Crippen LogP contribution in [0, 0.1) is 0 Å². The van der Waals surface area contributed by atoms with Crippen molar-refractivity contribution in [1.82, 2.24) is 15.0 Å². The number of carbonyl (C=O) groups is 1. The van der Waals surface area contributed by atoms with Gasteiger partial charge in [0.2, 0.25) is 0 Å². The number of nitrogens with two attached hydrogens (primary N) is 1. The summed E-state index contributed by atoms with van der Waals surface area (Å²) in [6.07, 6.45) is 9.67. The first kappa shape index (κ1) is 18.7. The Morgan fingerprint density at radius 2 is 1.93 bits per heavy atom. The molecular formula is C22H27N7O. The van der Waals surface area contributed by atoms with E-state index in [1.165, 1.54) is 12.8 Å². The van der Waals surface area contributed by atoms with Gasteiger partial charge in [-0.2, -0.15) is 0 Å². The van der Waals surface area contributed by atoms with Gasteiger partial charge < -0.3 is 25.8 Å². The maximum Gasteiger partial charge on any atom is 0.252 e. The van der Waals surface area contributed by atoms with Crippen molar-refractivity contribution >= 4 is 34.1 Å². The first-order valence-electron chi connectivity index (χ1n) is 10.5. The fraction of sp³-hybridized carbons (Fsp3) is 0.409. The molecule has 8 nitrogen and oxygen atoms in total. The lowest BCUT2D eigenvalue weighted by molar-refractivity contribution is 0.100. The van der Waals surface area contributed by atoms with Gasteiger partial charge in [0.1, 0.15) is 11.5 Å². The molecule has 0 radical (unpaired) electrons. The Bertz CT molecular complexity index is 1060. The minimum Gasteiger partial charge on any atom is -0.381 e. The van der Waals surface area contributed by atoms with E-state index in [-0.39, 0.29) is 6.04 Å². The van der Waals surface area contributed by atoms with E-state index in [0.29, 0.717) is 17.6 Å². The van der Waals surface area contributed by atoms with Crippen molar-refractivity contribution in [3.8, 4) is 0 Å². The molecule has 2 saturated heterocycles. The van der Waals surface area contributed by atoms with E-state index in [9.17, 15) is 4.79 Å². The number of aromatic amines is 1. The molecular weight excluding hydrogens is 378 g/mol. The average Bonchev–Trinajstić information content (AvgIpc) is 3.31. The Hall–Kier alpha value is -3.29. The zero-order valence-corrected chi connectivity index (χ0v) is 17.3. The van der Waals surface area contributed by atoms with Crippen LogP contribution in [0.2, 0.25) is 0 Å². The SMILES string of the molecule is CN(C)c1ccc(N2[C@@H]3CC[C@H]2C[C@H](Nc2c(C(N)=O)cnc4[nH]ccc24)C3)nc1. The number of aromatic nitrogens is 3. The largest absolute Gasteiger partial charge is 0.381 e. The number of hydrogen-bond donors (Lipinski definition) is 3. The Morgan fingerprint density at radius 1 is 1.17 bits per heavy atom. The second-order valence-electron chi connectivity index (χ2n) is 8.53. The second-order valence-corrected chi connectivity index (χ2v) is 8.53. The highest BCUT2D eigenvalue weighted by Crippen LogP contribution is 2.40. The Labute approximate surface area is 175 Å². The summed E-state index contributed by atoms with van der Waals surface area (Å²) in [5.41, 5.74) is 8.73. The number of amides is 1. The number of nitrogens with one attached hydrogen (secondary N) is 2. The Morgan fingerprint density at radius 3 is 2.57 bits per heavy atom. The summed E-state index contributed by atoms with van der Waals surface area (Å²) in [5, 5.41) is 4.55. The summed E-state index contributed by atoms with van der Waals surface area (Å²) >= 11 is 0. The summed E-state index contributed by atoms with van der Waals surface area (Å²) in [6, 6.07) is 7.37. The van der Waals surface area contributed by atoms with E-state index in [1.54, 1.807) is 6.20 Å². The number of piperidine rings is 1. The first-order valence-corrected chi connectivity index (χ1v) is 10.5. The third-order valence-corrected chi connectivity index (χ3v) is 6.45. The number of hydrogen-bond acceptors (Lipinski definition) is 6. The lowest BCUT2D eigenvalue weighted by atomic mass is 9.96. The molecule has 0 unspecified atom stereocenters. The number of rotatable bonds is 5. The molecule has 2 bridgehead atoms. The number of anilines is 3. The van der Waals surface area contributed by atoms with Gasteiger partial charge in [0.25, 0.3) is 5.91 Å². The van der Waals surface area contributed by atoms with Crippen LogP contribution in [0.1, 0.15) is 36.0 Å².